The van der Waals surface area contributed by atoms with Crippen LogP contribution in [0.25, 0.3) is 10.9 Å². The van der Waals surface area contributed by atoms with Crippen molar-refractivity contribution in [1.29, 1.82) is 0 Å². The number of carbonyl (C=O) groups excluding carboxylic acids is 1. The summed E-state index contributed by atoms with van der Waals surface area (Å²) in [6.45, 7) is 4.00. The molecule has 1 amide bonds. The summed E-state index contributed by atoms with van der Waals surface area (Å²) in [6, 6.07) is 9.94. The minimum atomic E-state index is -4.53. The minimum Gasteiger partial charge on any atom is -0.495 e. The smallest absolute Gasteiger partial charge is 0.410 e. The van der Waals surface area contributed by atoms with Crippen LogP contribution in [0.4, 0.5) is 33.7 Å². The second-order valence-electron chi connectivity index (χ2n) is 11.7. The molecule has 1 saturated heterocycles. The van der Waals surface area contributed by atoms with Crippen LogP contribution in [0.2, 0.25) is 0 Å². The summed E-state index contributed by atoms with van der Waals surface area (Å²) >= 11 is 0. The number of ether oxygens (including phenoxy) is 2. The Kier molecular flexibility index (Phi) is 9.82. The van der Waals surface area contributed by atoms with Crippen LogP contribution in [0.5, 0.6) is 5.75 Å². The summed E-state index contributed by atoms with van der Waals surface area (Å²) < 4.78 is 91.4. The van der Waals surface area contributed by atoms with E-state index in [0.29, 0.717) is 16.8 Å². The molecule has 2 aromatic carbocycles. The maximum absolute atomic E-state index is 15.2. The van der Waals surface area contributed by atoms with Crippen LogP contribution in [0.15, 0.2) is 47.4 Å². The van der Waals surface area contributed by atoms with Crippen molar-refractivity contribution in [2.45, 2.75) is 62.6 Å². The van der Waals surface area contributed by atoms with Gasteiger partial charge in [0.15, 0.2) is 9.84 Å². The fourth-order valence-electron chi connectivity index (χ4n) is 4.95. The SMILES string of the molecule is COc1cc(S(C)(=O)=O)ccc1NCC#Cc1cc2c(NC3CCN(C(=O)OC(C)(C)C)C[C@@H]3F)cccc2n1CC(F)(F)F. The molecule has 3 aromatic rings. The molecule has 9 nitrogen and oxygen atoms in total. The Morgan fingerprint density at radius 2 is 1.84 bits per heavy atom. The number of piperidine rings is 1. The fourth-order valence-corrected chi connectivity index (χ4v) is 5.58. The molecule has 0 saturated carbocycles. The average Bonchev–Trinajstić information content (AvgIpc) is 3.27. The number of aromatic nitrogens is 1. The Morgan fingerprint density at radius 3 is 2.47 bits per heavy atom. The van der Waals surface area contributed by atoms with Gasteiger partial charge in [-0.15, -0.1) is 0 Å². The van der Waals surface area contributed by atoms with Gasteiger partial charge in [-0.05, 0) is 63.4 Å². The first-order chi connectivity index (χ1) is 20.9. The molecule has 1 unspecified atom stereocenters. The molecular weight excluding hydrogens is 616 g/mol. The summed E-state index contributed by atoms with van der Waals surface area (Å²) in [5, 5.41) is 6.57. The lowest BCUT2D eigenvalue weighted by Gasteiger charge is -2.36. The molecule has 244 valence electrons. The number of hydrogen-bond acceptors (Lipinski definition) is 7. The standard InChI is InChI=1S/C31H36F4N4O5S/c1-30(2,3)44-29(40)38-15-13-25(23(32)18-38)37-24-9-6-10-27-22(24)16-20(39(27)19-31(33,34)35)8-7-14-36-26-12-11-21(45(5,41)42)17-28(26)43-4/h6,9-12,16-17,23,25,36-37H,13-15,18-19H2,1-5H3/t23-,25?/m0/s1. The van der Waals surface area contributed by atoms with E-state index in [9.17, 15) is 26.4 Å². The number of anilines is 2. The van der Waals surface area contributed by atoms with Gasteiger partial charge in [0.1, 0.15) is 24.1 Å². The van der Waals surface area contributed by atoms with Crippen LogP contribution in [0.3, 0.4) is 0 Å². The lowest BCUT2D eigenvalue weighted by Crippen LogP contribution is -2.51. The number of fused-ring (bicyclic) bond motifs is 1. The van der Waals surface area contributed by atoms with E-state index in [2.05, 4.69) is 22.5 Å². The van der Waals surface area contributed by atoms with Crippen molar-refractivity contribution in [2.24, 2.45) is 0 Å². The zero-order valence-corrected chi connectivity index (χ0v) is 26.4. The number of halogens is 4. The van der Waals surface area contributed by atoms with Crippen molar-refractivity contribution in [2.75, 3.05) is 43.6 Å². The highest BCUT2D eigenvalue weighted by molar-refractivity contribution is 7.90. The number of likely N-dealkylation sites (tertiary alicyclic amines) is 1. The molecule has 2 atom stereocenters. The van der Waals surface area contributed by atoms with Gasteiger partial charge in [-0.1, -0.05) is 12.0 Å². The fraction of sp³-hybridized carbons (Fsp3) is 0.452. The third-order valence-electron chi connectivity index (χ3n) is 7.00. The quantitative estimate of drug-likeness (QED) is 0.244. The van der Waals surface area contributed by atoms with Crippen molar-refractivity contribution < 1.29 is 40.2 Å². The van der Waals surface area contributed by atoms with Gasteiger partial charge < -0.3 is 29.6 Å². The number of hydrogen-bond donors (Lipinski definition) is 2. The highest BCUT2D eigenvalue weighted by Crippen LogP contribution is 2.32. The molecule has 14 heteroatoms. The van der Waals surface area contributed by atoms with E-state index in [4.69, 9.17) is 9.47 Å². The Hall–Kier alpha value is -4.12. The number of nitrogens with one attached hydrogen (secondary N) is 2. The molecule has 1 aliphatic rings. The Bertz CT molecular complexity index is 1720. The van der Waals surface area contributed by atoms with Gasteiger partial charge in [0.25, 0.3) is 0 Å². The third kappa shape index (κ3) is 8.75. The van der Waals surface area contributed by atoms with Gasteiger partial charge in [0, 0.05) is 29.9 Å². The van der Waals surface area contributed by atoms with E-state index in [0.717, 1.165) is 10.8 Å². The van der Waals surface area contributed by atoms with E-state index < -0.39 is 46.5 Å². The lowest BCUT2D eigenvalue weighted by molar-refractivity contribution is -0.140. The summed E-state index contributed by atoms with van der Waals surface area (Å²) in [6.07, 6.45) is -5.22. The van der Waals surface area contributed by atoms with Gasteiger partial charge in [-0.3, -0.25) is 0 Å². The zero-order chi connectivity index (χ0) is 33.2. The normalized spacial score (nSPS) is 17.4. The monoisotopic (exact) mass is 652 g/mol. The predicted octanol–water partition coefficient (Wildman–Crippen LogP) is 5.84. The first kappa shape index (κ1) is 33.8. The number of benzene rings is 2. The summed E-state index contributed by atoms with van der Waals surface area (Å²) in [4.78, 5) is 13.8. The summed E-state index contributed by atoms with van der Waals surface area (Å²) in [7, 11) is -2.07. The second-order valence-corrected chi connectivity index (χ2v) is 13.8. The highest BCUT2D eigenvalue weighted by Gasteiger charge is 2.34. The minimum absolute atomic E-state index is 0.0208. The molecule has 0 radical (unpaired) electrons. The van der Waals surface area contributed by atoms with Gasteiger partial charge in [-0.2, -0.15) is 13.2 Å². The van der Waals surface area contributed by atoms with E-state index >= 15 is 4.39 Å². The number of rotatable bonds is 7. The van der Waals surface area contributed by atoms with Crippen LogP contribution in [-0.4, -0.2) is 81.0 Å². The molecule has 0 bridgehead atoms. The molecule has 1 aliphatic heterocycles. The van der Waals surface area contributed by atoms with Crippen LogP contribution in [0, 0.1) is 11.8 Å². The first-order valence-corrected chi connectivity index (χ1v) is 16.0. The molecule has 1 aromatic heterocycles. The largest absolute Gasteiger partial charge is 0.495 e. The molecule has 0 spiro atoms. The number of carbonyl (C=O) groups is 1. The van der Waals surface area contributed by atoms with Gasteiger partial charge >= 0.3 is 12.3 Å². The molecule has 2 N–H and O–H groups in total. The van der Waals surface area contributed by atoms with Crippen molar-refractivity contribution in [1.82, 2.24) is 9.47 Å². The number of amides is 1. The van der Waals surface area contributed by atoms with Crippen molar-refractivity contribution in [3.05, 3.63) is 48.2 Å². The predicted molar refractivity (Wildman–Crippen MR) is 164 cm³/mol. The van der Waals surface area contributed by atoms with Crippen molar-refractivity contribution in [3.8, 4) is 17.6 Å². The average molecular weight is 653 g/mol. The second kappa shape index (κ2) is 13.1. The van der Waals surface area contributed by atoms with Gasteiger partial charge in [0.05, 0.1) is 48.0 Å². The van der Waals surface area contributed by atoms with Crippen LogP contribution >= 0.6 is 0 Å². The molecule has 45 heavy (non-hydrogen) atoms. The lowest BCUT2D eigenvalue weighted by atomic mass is 10.0. The van der Waals surface area contributed by atoms with Crippen LogP contribution < -0.4 is 15.4 Å². The summed E-state index contributed by atoms with van der Waals surface area (Å²) in [5.74, 6) is 5.89. The van der Waals surface area contributed by atoms with Crippen LogP contribution in [-0.2, 0) is 21.1 Å². The highest BCUT2D eigenvalue weighted by atomic mass is 32.2. The maximum atomic E-state index is 15.2. The van der Waals surface area contributed by atoms with E-state index in [1.807, 2.05) is 0 Å². The molecule has 1 fully saturated rings. The first-order valence-electron chi connectivity index (χ1n) is 14.1. The topological polar surface area (TPSA) is 102 Å². The van der Waals surface area contributed by atoms with Crippen molar-refractivity contribution in [3.63, 3.8) is 0 Å². The van der Waals surface area contributed by atoms with Crippen LogP contribution in [0.1, 0.15) is 32.9 Å². The van der Waals surface area contributed by atoms with E-state index in [1.54, 1.807) is 39.0 Å². The Labute approximate surface area is 259 Å². The van der Waals surface area contributed by atoms with Gasteiger partial charge in [0.2, 0.25) is 0 Å². The van der Waals surface area contributed by atoms with Crippen molar-refractivity contribution >= 4 is 38.2 Å². The molecular formula is C31H36F4N4O5S. The number of sulfone groups is 1. The summed E-state index contributed by atoms with van der Waals surface area (Å²) in [5.41, 5.74) is 0.569. The third-order valence-corrected chi connectivity index (χ3v) is 8.11. The molecule has 4 rings (SSSR count). The van der Waals surface area contributed by atoms with E-state index in [-0.39, 0.29) is 47.9 Å². The van der Waals surface area contributed by atoms with Gasteiger partial charge in [-0.25, -0.2) is 17.6 Å². The zero-order valence-electron chi connectivity index (χ0n) is 25.6. The van der Waals surface area contributed by atoms with E-state index in [1.165, 1.54) is 36.3 Å². The Morgan fingerprint density at radius 1 is 1.11 bits per heavy atom. The number of methoxy groups -OCH3 is 1. The number of alkyl halides is 4. The number of nitrogens with zero attached hydrogens (tertiary/aromatic N) is 2. The maximum Gasteiger partial charge on any atom is 0.410 e. The Balaban J connectivity index is 1.55. The molecule has 2 heterocycles. The molecule has 0 aliphatic carbocycles.